The number of hydrogen-bond donors (Lipinski definition) is 9. The molecule has 0 bridgehead atoms. The number of Topliss-reactive ketones (excluding diaryl/α,β-unsaturated/α-hetero) is 1. The third kappa shape index (κ3) is 6.63. The molecule has 14 heteroatoms. The lowest BCUT2D eigenvalue weighted by Crippen LogP contribution is -2.66. The average Bonchev–Trinajstić information content (AvgIpc) is 2.69. The third-order valence-corrected chi connectivity index (χ3v) is 4.47. The van der Waals surface area contributed by atoms with Crippen molar-refractivity contribution in [3.8, 4) is 0 Å². The summed E-state index contributed by atoms with van der Waals surface area (Å²) >= 11 is 0. The van der Waals surface area contributed by atoms with Gasteiger partial charge in [-0.25, -0.2) is 4.79 Å². The van der Waals surface area contributed by atoms with Crippen LogP contribution in [0, 0.1) is 0 Å². The molecule has 9 unspecified atom stereocenters. The zero-order valence-corrected chi connectivity index (χ0v) is 15.9. The summed E-state index contributed by atoms with van der Waals surface area (Å²) in [4.78, 5) is 33.6. The quantitative estimate of drug-likeness (QED) is 0.136. The molecule has 1 amide bonds. The number of aliphatic hydroxyl groups excluding tert-OH is 7. The summed E-state index contributed by atoms with van der Waals surface area (Å²) in [5, 5.41) is 79.6. The minimum Gasteiger partial charge on any atom is -0.475 e. The summed E-state index contributed by atoms with van der Waals surface area (Å²) in [5.74, 6) is -4.03. The minimum atomic E-state index is -2.07. The Balaban J connectivity index is 3.18. The Morgan fingerprint density at radius 3 is 2.13 bits per heavy atom. The van der Waals surface area contributed by atoms with E-state index >= 15 is 0 Å². The van der Waals surface area contributed by atoms with E-state index in [2.05, 4.69) is 5.32 Å². The van der Waals surface area contributed by atoms with Gasteiger partial charge < -0.3 is 55.6 Å². The number of carbonyl (C=O) groups excluding carboxylic acids is 2. The molecule has 30 heavy (non-hydrogen) atoms. The largest absolute Gasteiger partial charge is 0.475 e. The summed E-state index contributed by atoms with van der Waals surface area (Å²) in [6, 6.07) is -1.48. The van der Waals surface area contributed by atoms with Crippen molar-refractivity contribution in [3.05, 3.63) is 0 Å². The van der Waals surface area contributed by atoms with E-state index in [9.17, 15) is 45.0 Å². The molecule has 1 aliphatic heterocycles. The van der Waals surface area contributed by atoms with Gasteiger partial charge in [-0.3, -0.25) is 9.59 Å². The highest BCUT2D eigenvalue weighted by molar-refractivity contribution is 6.32. The van der Waals surface area contributed by atoms with Gasteiger partial charge in [-0.1, -0.05) is 0 Å². The van der Waals surface area contributed by atoms with Crippen molar-refractivity contribution in [3.63, 3.8) is 0 Å². The Bertz CT molecular complexity index is 602. The van der Waals surface area contributed by atoms with E-state index in [0.717, 1.165) is 6.92 Å². The van der Waals surface area contributed by atoms with Crippen LogP contribution in [0.15, 0.2) is 0 Å². The summed E-state index contributed by atoms with van der Waals surface area (Å²) in [6.07, 6.45) is -15.5. The van der Waals surface area contributed by atoms with E-state index in [1.54, 1.807) is 0 Å². The fourth-order valence-corrected chi connectivity index (χ4v) is 2.86. The number of carbonyl (C=O) groups is 3. The molecule has 0 radical (unpaired) electrons. The molecule has 9 atom stereocenters. The molecule has 1 saturated heterocycles. The summed E-state index contributed by atoms with van der Waals surface area (Å²) < 4.78 is 10.6. The Labute approximate surface area is 170 Å². The Kier molecular flexibility index (Phi) is 10.2. The second-order valence-electron chi connectivity index (χ2n) is 6.77. The maximum absolute atomic E-state index is 11.4. The smallest absolute Gasteiger partial charge is 0.372 e. The van der Waals surface area contributed by atoms with Gasteiger partial charge in [-0.2, -0.15) is 0 Å². The van der Waals surface area contributed by atoms with E-state index in [0.29, 0.717) is 0 Å². The van der Waals surface area contributed by atoms with Crippen molar-refractivity contribution >= 4 is 17.7 Å². The van der Waals surface area contributed by atoms with Gasteiger partial charge in [-0.05, 0) is 0 Å². The van der Waals surface area contributed by atoms with E-state index in [1.807, 2.05) is 0 Å². The number of hydrogen-bond acceptors (Lipinski definition) is 12. The molecular formula is C16H27NO13. The van der Waals surface area contributed by atoms with Crippen LogP contribution in [0.4, 0.5) is 0 Å². The van der Waals surface area contributed by atoms with Crippen molar-refractivity contribution in [1.82, 2.24) is 5.32 Å². The summed E-state index contributed by atoms with van der Waals surface area (Å²) in [5.41, 5.74) is 0. The van der Waals surface area contributed by atoms with E-state index in [-0.39, 0.29) is 0 Å². The van der Waals surface area contributed by atoms with E-state index < -0.39 is 92.4 Å². The van der Waals surface area contributed by atoms with E-state index in [4.69, 9.17) is 19.7 Å². The lowest BCUT2D eigenvalue weighted by Gasteiger charge is -2.44. The topological polar surface area (TPSA) is 244 Å². The molecule has 0 aromatic carbocycles. The van der Waals surface area contributed by atoms with Gasteiger partial charge in [-0.15, -0.1) is 0 Å². The highest BCUT2D eigenvalue weighted by atomic mass is 16.7. The maximum Gasteiger partial charge on any atom is 0.372 e. The average molecular weight is 441 g/mol. The van der Waals surface area contributed by atoms with Gasteiger partial charge in [0.2, 0.25) is 11.7 Å². The predicted octanol–water partition coefficient (Wildman–Crippen LogP) is -5.57. The summed E-state index contributed by atoms with van der Waals surface area (Å²) in [6.45, 7) is -0.726. The monoisotopic (exact) mass is 441 g/mol. The first-order valence-corrected chi connectivity index (χ1v) is 8.90. The van der Waals surface area contributed by atoms with Gasteiger partial charge in [0.05, 0.1) is 19.3 Å². The molecule has 0 spiro atoms. The Hall–Kier alpha value is -1.75. The lowest BCUT2D eigenvalue weighted by atomic mass is 9.95. The van der Waals surface area contributed by atoms with Crippen LogP contribution in [0.3, 0.4) is 0 Å². The van der Waals surface area contributed by atoms with Crippen molar-refractivity contribution in [1.29, 1.82) is 0 Å². The standard InChI is InChI=1S/C16H27NO13/c1-5(20)17-10-13(26)12(25)9(4-19)29-16(10)30-14(11(24)8(23)3-18)6(21)2-7(22)15(27)28/h6,8-14,16,18-19,21,23-26H,2-4H2,1H3,(H,17,20)(H,27,28). The van der Waals surface area contributed by atoms with Crippen LogP contribution < -0.4 is 5.32 Å². The first-order chi connectivity index (χ1) is 13.9. The molecule has 0 aliphatic carbocycles. The number of amides is 1. The first-order valence-electron chi connectivity index (χ1n) is 8.90. The SMILES string of the molecule is CC(=O)NC1C(OC(C(O)CC(=O)C(=O)O)C(O)C(O)CO)OC(CO)C(O)C1O. The molecule has 0 aromatic heterocycles. The number of carboxylic acid groups (broad SMARTS) is 1. The van der Waals surface area contributed by atoms with Crippen LogP contribution in [0.5, 0.6) is 0 Å². The number of ketones is 1. The molecule has 1 fully saturated rings. The highest BCUT2D eigenvalue weighted by Gasteiger charge is 2.48. The second kappa shape index (κ2) is 11.6. The van der Waals surface area contributed by atoms with Crippen molar-refractivity contribution in [2.45, 2.75) is 68.4 Å². The number of rotatable bonds is 11. The normalized spacial score (nSPS) is 30.7. The van der Waals surface area contributed by atoms with Gasteiger partial charge >= 0.3 is 5.97 Å². The molecule has 174 valence electrons. The first kappa shape index (κ1) is 26.3. The molecule has 14 nitrogen and oxygen atoms in total. The highest BCUT2D eigenvalue weighted by Crippen LogP contribution is 2.25. The van der Waals surface area contributed by atoms with Crippen LogP contribution in [0.25, 0.3) is 0 Å². The molecule has 0 saturated carbocycles. The van der Waals surface area contributed by atoms with Crippen molar-refractivity contribution < 1.29 is 64.7 Å². The second-order valence-corrected chi connectivity index (χ2v) is 6.77. The number of ether oxygens (including phenoxy) is 2. The molecular weight excluding hydrogens is 414 g/mol. The van der Waals surface area contributed by atoms with Gasteiger partial charge in [0.15, 0.2) is 6.29 Å². The molecule has 0 aromatic rings. The maximum atomic E-state index is 11.4. The molecule has 1 heterocycles. The number of aliphatic hydroxyl groups is 7. The van der Waals surface area contributed by atoms with Crippen LogP contribution in [-0.2, 0) is 23.9 Å². The lowest BCUT2D eigenvalue weighted by molar-refractivity contribution is -0.301. The van der Waals surface area contributed by atoms with Crippen LogP contribution in [0.2, 0.25) is 0 Å². The number of carboxylic acids is 1. The molecule has 9 N–H and O–H groups in total. The van der Waals surface area contributed by atoms with Gasteiger partial charge in [0.1, 0.15) is 42.7 Å². The number of aliphatic carboxylic acids is 1. The molecule has 1 rings (SSSR count). The van der Waals surface area contributed by atoms with Crippen LogP contribution in [0.1, 0.15) is 13.3 Å². The molecule has 1 aliphatic rings. The minimum absolute atomic E-state index is 0.694. The van der Waals surface area contributed by atoms with Crippen LogP contribution >= 0.6 is 0 Å². The van der Waals surface area contributed by atoms with Gasteiger partial charge in [0.25, 0.3) is 0 Å². The van der Waals surface area contributed by atoms with Gasteiger partial charge in [0, 0.05) is 13.3 Å². The van der Waals surface area contributed by atoms with Crippen LogP contribution in [-0.4, -0.2) is 127 Å². The predicted molar refractivity (Wildman–Crippen MR) is 92.6 cm³/mol. The zero-order valence-electron chi connectivity index (χ0n) is 15.9. The fraction of sp³-hybridized carbons (Fsp3) is 0.812. The Morgan fingerprint density at radius 2 is 1.67 bits per heavy atom. The third-order valence-electron chi connectivity index (χ3n) is 4.47. The zero-order chi connectivity index (χ0) is 23.2. The van der Waals surface area contributed by atoms with E-state index in [1.165, 1.54) is 0 Å². The fourth-order valence-electron chi connectivity index (χ4n) is 2.86. The van der Waals surface area contributed by atoms with Crippen molar-refractivity contribution in [2.75, 3.05) is 13.2 Å². The van der Waals surface area contributed by atoms with Crippen molar-refractivity contribution in [2.24, 2.45) is 0 Å². The summed E-state index contributed by atoms with van der Waals surface area (Å²) in [7, 11) is 0. The Morgan fingerprint density at radius 1 is 1.07 bits per heavy atom. The number of nitrogens with one attached hydrogen (secondary N) is 1.